The van der Waals surface area contributed by atoms with Gasteiger partial charge in [-0.1, -0.05) is 68.4 Å². The van der Waals surface area contributed by atoms with Crippen LogP contribution in [-0.4, -0.2) is 15.3 Å². The van der Waals surface area contributed by atoms with Crippen molar-refractivity contribution >= 4 is 32.3 Å². The van der Waals surface area contributed by atoms with E-state index >= 15 is 0 Å². The summed E-state index contributed by atoms with van der Waals surface area (Å²) in [5.41, 5.74) is 0.479. The molecule has 3 N–H and O–H groups in total. The van der Waals surface area contributed by atoms with Crippen LogP contribution in [0.1, 0.15) is 25.0 Å². The molecule has 6 aromatic carbocycles. The molecule has 0 bridgehead atoms. The third-order valence-corrected chi connectivity index (χ3v) is 7.16. The number of fused-ring (bicyclic) bond motifs is 3. The van der Waals surface area contributed by atoms with E-state index in [-0.39, 0.29) is 17.2 Å². The summed E-state index contributed by atoms with van der Waals surface area (Å²) < 4.78 is 6.25. The lowest BCUT2D eigenvalue weighted by Crippen LogP contribution is -2.20. The second kappa shape index (κ2) is 8.45. The summed E-state index contributed by atoms with van der Waals surface area (Å²) in [4.78, 5) is 0. The normalized spacial score (nSPS) is 11.8. The van der Waals surface area contributed by atoms with Gasteiger partial charge in [0.15, 0.2) is 0 Å². The molecule has 4 nitrogen and oxygen atoms in total. The van der Waals surface area contributed by atoms with Gasteiger partial charge in [-0.2, -0.15) is 0 Å². The van der Waals surface area contributed by atoms with E-state index in [0.29, 0.717) is 16.9 Å². The number of benzene rings is 6. The highest BCUT2D eigenvalue weighted by Crippen LogP contribution is 2.47. The molecule has 0 spiro atoms. The van der Waals surface area contributed by atoms with E-state index in [9.17, 15) is 15.3 Å². The van der Waals surface area contributed by atoms with Crippen molar-refractivity contribution in [2.24, 2.45) is 0 Å². The minimum Gasteiger partial charge on any atom is -0.508 e. The Morgan fingerprint density at radius 1 is 0.514 bits per heavy atom. The first-order valence-electron chi connectivity index (χ1n) is 12.2. The number of phenols is 3. The molecule has 0 aliphatic heterocycles. The second-order valence-electron chi connectivity index (χ2n) is 9.94. The van der Waals surface area contributed by atoms with E-state index in [1.165, 1.54) is 0 Å². The average molecular weight is 487 g/mol. The van der Waals surface area contributed by atoms with Crippen molar-refractivity contribution in [2.75, 3.05) is 0 Å². The highest BCUT2D eigenvalue weighted by Gasteiger charge is 2.32. The lowest BCUT2D eigenvalue weighted by Gasteiger charge is -2.30. The molecule has 4 heteroatoms. The number of phenolic OH excluding ortho intramolecular Hbond substituents is 3. The Balaban J connectivity index is 1.52. The molecule has 0 aliphatic rings. The molecular weight excluding hydrogens is 460 g/mol. The van der Waals surface area contributed by atoms with Crippen LogP contribution in [0.25, 0.3) is 32.3 Å². The lowest BCUT2D eigenvalue weighted by atomic mass is 9.73. The Morgan fingerprint density at radius 3 is 1.70 bits per heavy atom. The summed E-state index contributed by atoms with van der Waals surface area (Å²) >= 11 is 0. The molecule has 0 heterocycles. The summed E-state index contributed by atoms with van der Waals surface area (Å²) in [5.74, 6) is 1.70. The zero-order valence-corrected chi connectivity index (χ0v) is 20.6. The molecule has 0 saturated heterocycles. The number of hydrogen-bond donors (Lipinski definition) is 3. The van der Waals surface area contributed by atoms with Crippen LogP contribution in [0, 0.1) is 0 Å². The van der Waals surface area contributed by atoms with Crippen LogP contribution in [0.15, 0.2) is 103 Å². The maximum absolute atomic E-state index is 11.2. The van der Waals surface area contributed by atoms with E-state index in [2.05, 4.69) is 12.1 Å². The van der Waals surface area contributed by atoms with Crippen molar-refractivity contribution in [3.8, 4) is 28.7 Å². The number of rotatable bonds is 4. The Hall–Kier alpha value is -4.70. The molecule has 6 aromatic rings. The predicted octanol–water partition coefficient (Wildman–Crippen LogP) is 8.38. The average Bonchev–Trinajstić information content (AvgIpc) is 2.88. The van der Waals surface area contributed by atoms with Crippen LogP contribution in [0.3, 0.4) is 0 Å². The van der Waals surface area contributed by atoms with E-state index in [0.717, 1.165) is 38.1 Å². The molecule has 0 amide bonds. The molecule has 0 aromatic heterocycles. The fraction of sp³-hybridized carbons (Fsp3) is 0.0909. The van der Waals surface area contributed by atoms with Gasteiger partial charge in [0.1, 0.15) is 28.7 Å². The van der Waals surface area contributed by atoms with Gasteiger partial charge in [0, 0.05) is 16.5 Å². The standard InChI is InChI=1S/C33H26O4/c1-33(2,31-27-18-24(34)12-7-21(27)10-15-29(31)35)32-28-19-26(14-9-22(28)11-16-30(32)36)37-25-13-8-20-5-3-4-6-23(20)17-25/h3-19,34-36H,1-2H3. The zero-order valence-electron chi connectivity index (χ0n) is 20.6. The van der Waals surface area contributed by atoms with Crippen molar-refractivity contribution in [3.63, 3.8) is 0 Å². The monoisotopic (exact) mass is 486 g/mol. The van der Waals surface area contributed by atoms with Gasteiger partial charge in [-0.05, 0) is 80.8 Å². The van der Waals surface area contributed by atoms with Gasteiger partial charge in [-0.25, -0.2) is 0 Å². The fourth-order valence-corrected chi connectivity index (χ4v) is 5.45. The van der Waals surface area contributed by atoms with E-state index in [1.807, 2.05) is 80.6 Å². The number of aromatic hydroxyl groups is 3. The Kier molecular flexibility index (Phi) is 5.20. The Labute approximate surface area is 214 Å². The quantitative estimate of drug-likeness (QED) is 0.234. The van der Waals surface area contributed by atoms with Crippen LogP contribution < -0.4 is 4.74 Å². The molecule has 0 fully saturated rings. The van der Waals surface area contributed by atoms with Crippen molar-refractivity contribution < 1.29 is 20.1 Å². The molecule has 0 saturated carbocycles. The lowest BCUT2D eigenvalue weighted by molar-refractivity contribution is 0.439. The minimum absolute atomic E-state index is 0.100. The zero-order chi connectivity index (χ0) is 25.7. The fourth-order valence-electron chi connectivity index (χ4n) is 5.45. The second-order valence-corrected chi connectivity index (χ2v) is 9.94. The minimum atomic E-state index is -0.817. The summed E-state index contributed by atoms with van der Waals surface area (Å²) in [6.07, 6.45) is 0. The topological polar surface area (TPSA) is 69.9 Å². The maximum Gasteiger partial charge on any atom is 0.128 e. The summed E-state index contributed by atoms with van der Waals surface area (Å²) in [6.45, 7) is 3.94. The first-order valence-corrected chi connectivity index (χ1v) is 12.2. The largest absolute Gasteiger partial charge is 0.508 e. The molecule has 0 atom stereocenters. The number of hydrogen-bond acceptors (Lipinski definition) is 4. The Morgan fingerprint density at radius 2 is 1.03 bits per heavy atom. The molecule has 37 heavy (non-hydrogen) atoms. The predicted molar refractivity (Wildman–Crippen MR) is 149 cm³/mol. The van der Waals surface area contributed by atoms with Crippen molar-refractivity contribution in [2.45, 2.75) is 19.3 Å². The smallest absolute Gasteiger partial charge is 0.128 e. The van der Waals surface area contributed by atoms with Gasteiger partial charge < -0.3 is 20.1 Å². The first-order chi connectivity index (χ1) is 17.8. The molecule has 0 aliphatic carbocycles. The van der Waals surface area contributed by atoms with Crippen LogP contribution >= 0.6 is 0 Å². The van der Waals surface area contributed by atoms with Crippen molar-refractivity contribution in [1.29, 1.82) is 0 Å². The van der Waals surface area contributed by atoms with Crippen LogP contribution in [0.5, 0.6) is 28.7 Å². The summed E-state index contributed by atoms with van der Waals surface area (Å²) in [5, 5.41) is 38.0. The van der Waals surface area contributed by atoms with Gasteiger partial charge >= 0.3 is 0 Å². The van der Waals surface area contributed by atoms with Gasteiger partial charge in [0.2, 0.25) is 0 Å². The molecule has 0 unspecified atom stereocenters. The highest BCUT2D eigenvalue weighted by molar-refractivity contribution is 5.95. The van der Waals surface area contributed by atoms with Gasteiger partial charge in [-0.15, -0.1) is 0 Å². The van der Waals surface area contributed by atoms with E-state index in [1.54, 1.807) is 24.3 Å². The third kappa shape index (κ3) is 3.87. The van der Waals surface area contributed by atoms with Crippen LogP contribution in [-0.2, 0) is 5.41 Å². The molecule has 6 rings (SSSR count). The molecular formula is C33H26O4. The maximum atomic E-state index is 11.2. The third-order valence-electron chi connectivity index (χ3n) is 7.16. The molecule has 0 radical (unpaired) electrons. The van der Waals surface area contributed by atoms with E-state index < -0.39 is 5.41 Å². The summed E-state index contributed by atoms with van der Waals surface area (Å²) in [7, 11) is 0. The first kappa shape index (κ1) is 22.7. The van der Waals surface area contributed by atoms with Gasteiger partial charge in [0.05, 0.1) is 0 Å². The van der Waals surface area contributed by atoms with Gasteiger partial charge in [-0.3, -0.25) is 0 Å². The van der Waals surface area contributed by atoms with Crippen molar-refractivity contribution in [3.05, 3.63) is 114 Å². The highest BCUT2D eigenvalue weighted by atomic mass is 16.5. The SMILES string of the molecule is CC(C)(c1c(O)ccc2ccc(O)cc12)c1c(O)ccc2ccc(Oc3ccc4ccccc4c3)cc12. The van der Waals surface area contributed by atoms with Crippen LogP contribution in [0.4, 0.5) is 0 Å². The number of ether oxygens (including phenoxy) is 1. The van der Waals surface area contributed by atoms with Gasteiger partial charge in [0.25, 0.3) is 0 Å². The van der Waals surface area contributed by atoms with Crippen LogP contribution in [0.2, 0.25) is 0 Å². The Bertz CT molecular complexity index is 1810. The molecule has 182 valence electrons. The van der Waals surface area contributed by atoms with E-state index in [4.69, 9.17) is 4.74 Å². The van der Waals surface area contributed by atoms with Crippen molar-refractivity contribution in [1.82, 2.24) is 0 Å². The summed E-state index contributed by atoms with van der Waals surface area (Å²) in [6, 6.07) is 32.1.